The molecule has 0 spiro atoms. The van der Waals surface area contributed by atoms with Crippen molar-refractivity contribution in [2.24, 2.45) is 0 Å². The van der Waals surface area contributed by atoms with E-state index < -0.39 is 12.2 Å². The van der Waals surface area contributed by atoms with Crippen molar-refractivity contribution in [3.63, 3.8) is 0 Å². The molecule has 0 aromatic heterocycles. The van der Waals surface area contributed by atoms with Crippen molar-refractivity contribution >= 4 is 15.9 Å². The Morgan fingerprint density at radius 3 is 2.64 bits per heavy atom. The lowest BCUT2D eigenvalue weighted by Crippen LogP contribution is -2.19. The largest absolute Gasteiger partial charge is 0.389 e. The topological polar surface area (TPSA) is 40.5 Å². The van der Waals surface area contributed by atoms with Gasteiger partial charge in [-0.3, -0.25) is 0 Å². The molecule has 0 aliphatic rings. The van der Waals surface area contributed by atoms with Crippen molar-refractivity contribution in [3.05, 3.63) is 35.4 Å². The third-order valence-electron chi connectivity index (χ3n) is 2.22. The zero-order chi connectivity index (χ0) is 10.6. The van der Waals surface area contributed by atoms with Crippen LogP contribution in [0.1, 0.15) is 24.2 Å². The Morgan fingerprint density at radius 1 is 1.36 bits per heavy atom. The number of hydrogen-bond acceptors (Lipinski definition) is 2. The summed E-state index contributed by atoms with van der Waals surface area (Å²) in [5.41, 5.74) is 1.94. The van der Waals surface area contributed by atoms with Crippen LogP contribution < -0.4 is 0 Å². The summed E-state index contributed by atoms with van der Waals surface area (Å²) in [6, 6.07) is 7.67. The summed E-state index contributed by atoms with van der Waals surface area (Å²) in [6.45, 7) is 2.06. The fourth-order valence-electron chi connectivity index (χ4n) is 1.30. The molecular weight excluding hydrogens is 244 g/mol. The first kappa shape index (κ1) is 11.7. The Balaban J connectivity index is 2.83. The highest BCUT2D eigenvalue weighted by molar-refractivity contribution is 9.09. The van der Waals surface area contributed by atoms with E-state index in [2.05, 4.69) is 22.9 Å². The zero-order valence-corrected chi connectivity index (χ0v) is 9.74. The molecular formula is C11H15BrO2. The molecule has 2 atom stereocenters. The zero-order valence-electron chi connectivity index (χ0n) is 8.15. The molecule has 1 rings (SSSR count). The van der Waals surface area contributed by atoms with Crippen molar-refractivity contribution in [2.75, 3.05) is 5.33 Å². The minimum atomic E-state index is -0.805. The summed E-state index contributed by atoms with van der Waals surface area (Å²) >= 11 is 3.14. The van der Waals surface area contributed by atoms with E-state index >= 15 is 0 Å². The number of aliphatic hydroxyl groups excluding tert-OH is 2. The van der Waals surface area contributed by atoms with Gasteiger partial charge in [0.2, 0.25) is 0 Å². The van der Waals surface area contributed by atoms with E-state index in [9.17, 15) is 10.2 Å². The molecule has 3 heteroatoms. The molecule has 0 aliphatic heterocycles. The molecule has 0 bridgehead atoms. The molecule has 0 saturated heterocycles. The SMILES string of the molecule is CCc1cccc(C(O)C(O)CBr)c1. The van der Waals surface area contributed by atoms with E-state index in [1.165, 1.54) is 5.56 Å². The number of alkyl halides is 1. The second kappa shape index (κ2) is 5.49. The van der Waals surface area contributed by atoms with Gasteiger partial charge >= 0.3 is 0 Å². The average molecular weight is 259 g/mol. The Hall–Kier alpha value is -0.380. The molecule has 78 valence electrons. The van der Waals surface area contributed by atoms with Gasteiger partial charge in [-0.05, 0) is 17.5 Å². The van der Waals surface area contributed by atoms with E-state index in [1.807, 2.05) is 24.3 Å². The van der Waals surface area contributed by atoms with Crippen molar-refractivity contribution in [2.45, 2.75) is 25.6 Å². The van der Waals surface area contributed by atoms with Crippen LogP contribution in [-0.2, 0) is 6.42 Å². The lowest BCUT2D eigenvalue weighted by atomic mass is 10.0. The fourth-order valence-corrected chi connectivity index (χ4v) is 1.66. The highest BCUT2D eigenvalue weighted by atomic mass is 79.9. The van der Waals surface area contributed by atoms with Gasteiger partial charge < -0.3 is 10.2 Å². The standard InChI is InChI=1S/C11H15BrO2/c1-2-8-4-3-5-9(6-8)11(14)10(13)7-12/h3-6,10-11,13-14H,2,7H2,1H3. The number of halogens is 1. The molecule has 2 N–H and O–H groups in total. The lowest BCUT2D eigenvalue weighted by Gasteiger charge is -2.16. The molecule has 1 aromatic rings. The van der Waals surface area contributed by atoms with Gasteiger partial charge in [0.1, 0.15) is 6.10 Å². The van der Waals surface area contributed by atoms with Gasteiger partial charge in [0.15, 0.2) is 0 Å². The van der Waals surface area contributed by atoms with Crippen molar-refractivity contribution < 1.29 is 10.2 Å². The van der Waals surface area contributed by atoms with Gasteiger partial charge in [-0.2, -0.15) is 0 Å². The number of aryl methyl sites for hydroxylation is 1. The predicted octanol–water partition coefficient (Wildman–Crippen LogP) is 2.04. The monoisotopic (exact) mass is 258 g/mol. The minimum absolute atomic E-state index is 0.379. The van der Waals surface area contributed by atoms with Gasteiger partial charge in [0.05, 0.1) is 6.10 Å². The van der Waals surface area contributed by atoms with Gasteiger partial charge in [-0.25, -0.2) is 0 Å². The quantitative estimate of drug-likeness (QED) is 0.812. The molecule has 0 fully saturated rings. The second-order valence-corrected chi connectivity index (χ2v) is 3.91. The van der Waals surface area contributed by atoms with Crippen LogP contribution in [0.3, 0.4) is 0 Å². The highest BCUT2D eigenvalue weighted by Gasteiger charge is 2.16. The summed E-state index contributed by atoms with van der Waals surface area (Å²) in [5.74, 6) is 0. The molecule has 2 nitrogen and oxygen atoms in total. The van der Waals surface area contributed by atoms with Crippen LogP contribution in [-0.4, -0.2) is 21.6 Å². The Labute approximate surface area is 92.7 Å². The minimum Gasteiger partial charge on any atom is -0.389 e. The van der Waals surface area contributed by atoms with Gasteiger partial charge in [0, 0.05) is 5.33 Å². The van der Waals surface area contributed by atoms with Crippen LogP contribution in [0.25, 0.3) is 0 Å². The number of rotatable bonds is 4. The maximum Gasteiger partial charge on any atom is 0.106 e. The maximum absolute atomic E-state index is 9.73. The first-order chi connectivity index (χ1) is 6.69. The predicted molar refractivity (Wildman–Crippen MR) is 60.6 cm³/mol. The van der Waals surface area contributed by atoms with Crippen LogP contribution in [0.4, 0.5) is 0 Å². The van der Waals surface area contributed by atoms with E-state index in [0.29, 0.717) is 5.33 Å². The smallest absolute Gasteiger partial charge is 0.106 e. The maximum atomic E-state index is 9.73. The van der Waals surface area contributed by atoms with E-state index in [4.69, 9.17) is 0 Å². The molecule has 2 unspecified atom stereocenters. The first-order valence-electron chi connectivity index (χ1n) is 4.70. The van der Waals surface area contributed by atoms with Crippen molar-refractivity contribution in [1.82, 2.24) is 0 Å². The van der Waals surface area contributed by atoms with E-state index in [0.717, 1.165) is 12.0 Å². The molecule has 14 heavy (non-hydrogen) atoms. The van der Waals surface area contributed by atoms with Gasteiger partial charge in [-0.1, -0.05) is 47.1 Å². The molecule has 0 amide bonds. The van der Waals surface area contributed by atoms with Crippen molar-refractivity contribution in [3.8, 4) is 0 Å². The second-order valence-electron chi connectivity index (χ2n) is 3.27. The Morgan fingerprint density at radius 2 is 2.07 bits per heavy atom. The van der Waals surface area contributed by atoms with Crippen LogP contribution >= 0.6 is 15.9 Å². The van der Waals surface area contributed by atoms with E-state index in [1.54, 1.807) is 0 Å². The Bertz CT molecular complexity index is 288. The summed E-state index contributed by atoms with van der Waals surface area (Å²) < 4.78 is 0. The number of aliphatic hydroxyl groups is 2. The first-order valence-corrected chi connectivity index (χ1v) is 5.82. The third-order valence-corrected chi connectivity index (χ3v) is 2.89. The molecule has 0 saturated carbocycles. The Kier molecular flexibility index (Phi) is 4.58. The normalized spacial score (nSPS) is 15.1. The average Bonchev–Trinajstić information content (AvgIpc) is 2.27. The highest BCUT2D eigenvalue weighted by Crippen LogP contribution is 2.19. The van der Waals surface area contributed by atoms with Crippen LogP contribution in [0.5, 0.6) is 0 Å². The van der Waals surface area contributed by atoms with Crippen LogP contribution in [0, 0.1) is 0 Å². The van der Waals surface area contributed by atoms with Gasteiger partial charge in [0.25, 0.3) is 0 Å². The number of benzene rings is 1. The lowest BCUT2D eigenvalue weighted by molar-refractivity contribution is 0.0342. The molecule has 1 aromatic carbocycles. The van der Waals surface area contributed by atoms with Crippen LogP contribution in [0.15, 0.2) is 24.3 Å². The fraction of sp³-hybridized carbons (Fsp3) is 0.455. The summed E-state index contributed by atoms with van der Waals surface area (Å²) in [6.07, 6.45) is -0.617. The molecule has 0 radical (unpaired) electrons. The third kappa shape index (κ3) is 2.80. The van der Waals surface area contributed by atoms with Crippen molar-refractivity contribution in [1.29, 1.82) is 0 Å². The summed E-state index contributed by atoms with van der Waals surface area (Å²) in [7, 11) is 0. The summed E-state index contributed by atoms with van der Waals surface area (Å²) in [5, 5.41) is 19.6. The molecule has 0 aliphatic carbocycles. The molecule has 0 heterocycles. The van der Waals surface area contributed by atoms with Gasteiger partial charge in [-0.15, -0.1) is 0 Å². The number of hydrogen-bond donors (Lipinski definition) is 2. The van der Waals surface area contributed by atoms with Crippen LogP contribution in [0.2, 0.25) is 0 Å². The van der Waals surface area contributed by atoms with E-state index in [-0.39, 0.29) is 0 Å². The summed E-state index contributed by atoms with van der Waals surface area (Å²) in [4.78, 5) is 0.